The Labute approximate surface area is 146 Å². The molecule has 3 rings (SSSR count). The first-order valence-electron chi connectivity index (χ1n) is 8.47. The van der Waals surface area contributed by atoms with Crippen LogP contribution in [0.1, 0.15) is 32.6 Å². The minimum absolute atomic E-state index is 0.0521. The van der Waals surface area contributed by atoms with Crippen LogP contribution in [-0.2, 0) is 19.1 Å². The molecule has 0 spiro atoms. The van der Waals surface area contributed by atoms with E-state index in [-0.39, 0.29) is 31.0 Å². The zero-order valence-corrected chi connectivity index (χ0v) is 14.7. The second-order valence-electron chi connectivity index (χ2n) is 6.23. The monoisotopic (exact) mass is 349 g/mol. The van der Waals surface area contributed by atoms with Crippen LogP contribution in [-0.4, -0.2) is 43.0 Å². The van der Waals surface area contributed by atoms with Crippen LogP contribution in [0.2, 0.25) is 0 Å². The lowest BCUT2D eigenvalue weighted by Crippen LogP contribution is -2.36. The van der Waals surface area contributed by atoms with Crippen LogP contribution in [0.5, 0.6) is 0 Å². The lowest BCUT2D eigenvalue weighted by molar-refractivity contribution is -0.149. The molecule has 2 aliphatic heterocycles. The third kappa shape index (κ3) is 4.30. The first-order chi connectivity index (χ1) is 11.6. The second-order valence-corrected chi connectivity index (χ2v) is 7.71. The maximum atomic E-state index is 12.6. The van der Waals surface area contributed by atoms with Crippen molar-refractivity contribution >= 4 is 29.3 Å². The number of hydrogen-bond donors (Lipinski definition) is 0. The van der Waals surface area contributed by atoms with Gasteiger partial charge in [-0.2, -0.15) is 0 Å². The molecule has 1 saturated heterocycles. The zero-order valence-electron chi connectivity index (χ0n) is 13.9. The Morgan fingerprint density at radius 3 is 2.96 bits per heavy atom. The maximum absolute atomic E-state index is 12.6. The van der Waals surface area contributed by atoms with Gasteiger partial charge in [0.15, 0.2) is 6.61 Å². The van der Waals surface area contributed by atoms with Gasteiger partial charge in [0.1, 0.15) is 0 Å². The number of fused-ring (bicyclic) bond motifs is 1. The molecular formula is C18H23NO4S. The number of anilines is 1. The standard InChI is InChI=1S/C18H23NO4S/c1-13-8-9-19(15-6-2-3-7-16(15)24-13)17(20)12-23-18(21)11-14-5-4-10-22-14/h2-3,6-7,13-14H,4-5,8-12H2,1H3/t13-,14-/m0/s1. The minimum atomic E-state index is -0.360. The van der Waals surface area contributed by atoms with E-state index in [1.54, 1.807) is 16.7 Å². The van der Waals surface area contributed by atoms with Crippen molar-refractivity contribution < 1.29 is 19.1 Å². The number of para-hydroxylation sites is 1. The molecule has 24 heavy (non-hydrogen) atoms. The molecule has 0 aliphatic carbocycles. The fourth-order valence-electron chi connectivity index (χ4n) is 3.02. The SMILES string of the molecule is C[C@H]1CCN(C(=O)COC(=O)C[C@@H]2CCCO2)c2ccccc2S1. The maximum Gasteiger partial charge on any atom is 0.308 e. The number of carbonyl (C=O) groups is 2. The van der Waals surface area contributed by atoms with Crippen molar-refractivity contribution in [3.05, 3.63) is 24.3 Å². The molecule has 2 aliphatic rings. The molecule has 0 N–H and O–H groups in total. The van der Waals surface area contributed by atoms with E-state index in [0.29, 0.717) is 18.4 Å². The van der Waals surface area contributed by atoms with Crippen LogP contribution in [0.25, 0.3) is 0 Å². The third-order valence-electron chi connectivity index (χ3n) is 4.32. The quantitative estimate of drug-likeness (QED) is 0.782. The van der Waals surface area contributed by atoms with Gasteiger partial charge in [-0.25, -0.2) is 0 Å². The molecule has 0 unspecified atom stereocenters. The van der Waals surface area contributed by atoms with Gasteiger partial charge in [0.05, 0.1) is 18.2 Å². The molecule has 130 valence electrons. The predicted octanol–water partition coefficient (Wildman–Crippen LogP) is 3.02. The summed E-state index contributed by atoms with van der Waals surface area (Å²) in [6.45, 7) is 3.31. The fourth-order valence-corrected chi connectivity index (χ4v) is 4.13. The molecule has 1 aromatic carbocycles. The Hall–Kier alpha value is -1.53. The van der Waals surface area contributed by atoms with Crippen LogP contribution in [0.15, 0.2) is 29.2 Å². The smallest absolute Gasteiger partial charge is 0.308 e. The Morgan fingerprint density at radius 2 is 2.17 bits per heavy atom. The van der Waals surface area contributed by atoms with Gasteiger partial charge < -0.3 is 14.4 Å². The Bertz CT molecular complexity index is 600. The Kier molecular flexibility index (Phi) is 5.79. The first kappa shape index (κ1) is 17.3. The number of benzene rings is 1. The van der Waals surface area contributed by atoms with E-state index in [2.05, 4.69) is 6.92 Å². The largest absolute Gasteiger partial charge is 0.455 e. The van der Waals surface area contributed by atoms with Gasteiger partial charge in [0.25, 0.3) is 5.91 Å². The van der Waals surface area contributed by atoms with Crippen molar-refractivity contribution in [3.8, 4) is 0 Å². The average molecular weight is 349 g/mol. The Morgan fingerprint density at radius 1 is 1.33 bits per heavy atom. The number of nitrogens with zero attached hydrogens (tertiary/aromatic N) is 1. The number of amides is 1. The van der Waals surface area contributed by atoms with Crippen LogP contribution in [0.4, 0.5) is 5.69 Å². The van der Waals surface area contributed by atoms with E-state index in [0.717, 1.165) is 29.8 Å². The number of ether oxygens (including phenoxy) is 2. The minimum Gasteiger partial charge on any atom is -0.455 e. The normalized spacial score (nSPS) is 23.5. The van der Waals surface area contributed by atoms with Gasteiger partial charge in [-0.15, -0.1) is 11.8 Å². The molecule has 0 radical (unpaired) electrons. The predicted molar refractivity (Wildman–Crippen MR) is 93.3 cm³/mol. The average Bonchev–Trinajstić information content (AvgIpc) is 3.01. The number of esters is 1. The molecule has 0 aromatic heterocycles. The van der Waals surface area contributed by atoms with Crippen molar-refractivity contribution in [2.45, 2.75) is 48.9 Å². The van der Waals surface area contributed by atoms with E-state index in [1.165, 1.54) is 0 Å². The number of rotatable bonds is 4. The highest BCUT2D eigenvalue weighted by Crippen LogP contribution is 2.37. The van der Waals surface area contributed by atoms with Gasteiger partial charge in [0, 0.05) is 23.3 Å². The van der Waals surface area contributed by atoms with Crippen molar-refractivity contribution in [2.75, 3.05) is 24.7 Å². The topological polar surface area (TPSA) is 55.8 Å². The van der Waals surface area contributed by atoms with E-state index < -0.39 is 0 Å². The lowest BCUT2D eigenvalue weighted by Gasteiger charge is -2.22. The molecule has 1 fully saturated rings. The third-order valence-corrected chi connectivity index (χ3v) is 5.56. The summed E-state index contributed by atoms with van der Waals surface area (Å²) in [4.78, 5) is 27.3. The van der Waals surface area contributed by atoms with Crippen LogP contribution in [0, 0.1) is 0 Å². The van der Waals surface area contributed by atoms with E-state index in [4.69, 9.17) is 9.47 Å². The van der Waals surface area contributed by atoms with Crippen molar-refractivity contribution in [1.82, 2.24) is 0 Å². The molecule has 0 bridgehead atoms. The summed E-state index contributed by atoms with van der Waals surface area (Å²) in [5.41, 5.74) is 0.909. The van der Waals surface area contributed by atoms with E-state index in [9.17, 15) is 9.59 Å². The molecule has 5 nitrogen and oxygen atoms in total. The summed E-state index contributed by atoms with van der Waals surface area (Å²) in [6.07, 6.45) is 2.96. The van der Waals surface area contributed by atoms with E-state index in [1.807, 2.05) is 24.3 Å². The summed E-state index contributed by atoms with van der Waals surface area (Å²) in [7, 11) is 0. The van der Waals surface area contributed by atoms with E-state index >= 15 is 0 Å². The summed E-state index contributed by atoms with van der Waals surface area (Å²) < 4.78 is 10.6. The van der Waals surface area contributed by atoms with Crippen LogP contribution in [0.3, 0.4) is 0 Å². The second kappa shape index (κ2) is 8.03. The van der Waals surface area contributed by atoms with Gasteiger partial charge in [-0.05, 0) is 31.4 Å². The van der Waals surface area contributed by atoms with Gasteiger partial charge in [0.2, 0.25) is 0 Å². The van der Waals surface area contributed by atoms with Crippen LogP contribution < -0.4 is 4.90 Å². The van der Waals surface area contributed by atoms with Gasteiger partial charge in [-0.1, -0.05) is 19.1 Å². The van der Waals surface area contributed by atoms with Gasteiger partial charge in [-0.3, -0.25) is 9.59 Å². The molecule has 1 amide bonds. The number of thioether (sulfide) groups is 1. The lowest BCUT2D eigenvalue weighted by atomic mass is 10.2. The molecule has 2 atom stereocenters. The molecule has 2 heterocycles. The molecule has 0 saturated carbocycles. The zero-order chi connectivity index (χ0) is 16.9. The molecular weight excluding hydrogens is 326 g/mol. The fraction of sp³-hybridized carbons (Fsp3) is 0.556. The highest BCUT2D eigenvalue weighted by Gasteiger charge is 2.25. The van der Waals surface area contributed by atoms with Crippen molar-refractivity contribution in [1.29, 1.82) is 0 Å². The number of carbonyl (C=O) groups excluding carboxylic acids is 2. The highest BCUT2D eigenvalue weighted by atomic mass is 32.2. The van der Waals surface area contributed by atoms with Gasteiger partial charge >= 0.3 is 5.97 Å². The number of hydrogen-bond acceptors (Lipinski definition) is 5. The van der Waals surface area contributed by atoms with Crippen molar-refractivity contribution in [2.24, 2.45) is 0 Å². The Balaban J connectivity index is 1.59. The molecule has 1 aromatic rings. The molecule has 6 heteroatoms. The highest BCUT2D eigenvalue weighted by molar-refractivity contribution is 8.00. The summed E-state index contributed by atoms with van der Waals surface area (Å²) in [5.74, 6) is -0.529. The van der Waals surface area contributed by atoms with Crippen molar-refractivity contribution in [3.63, 3.8) is 0 Å². The summed E-state index contributed by atoms with van der Waals surface area (Å²) in [5, 5.41) is 0.450. The summed E-state index contributed by atoms with van der Waals surface area (Å²) in [6, 6.07) is 7.89. The first-order valence-corrected chi connectivity index (χ1v) is 9.34. The van der Waals surface area contributed by atoms with Crippen LogP contribution >= 0.6 is 11.8 Å². The summed E-state index contributed by atoms with van der Waals surface area (Å²) >= 11 is 1.78.